The van der Waals surface area contributed by atoms with E-state index in [0.717, 1.165) is 30.6 Å². The van der Waals surface area contributed by atoms with E-state index in [2.05, 4.69) is 15.6 Å². The Labute approximate surface area is 132 Å². The molecule has 21 heavy (non-hydrogen) atoms. The Morgan fingerprint density at radius 2 is 2.19 bits per heavy atom. The van der Waals surface area contributed by atoms with E-state index in [1.807, 2.05) is 0 Å². The highest BCUT2D eigenvalue weighted by Crippen LogP contribution is 2.28. The van der Waals surface area contributed by atoms with Crippen molar-refractivity contribution in [2.75, 3.05) is 18.4 Å². The van der Waals surface area contributed by atoms with Gasteiger partial charge in [-0.3, -0.25) is 4.79 Å². The zero-order valence-electron chi connectivity index (χ0n) is 11.4. The molecule has 0 atom stereocenters. The van der Waals surface area contributed by atoms with Crippen molar-refractivity contribution in [2.45, 2.75) is 19.3 Å². The van der Waals surface area contributed by atoms with E-state index >= 15 is 0 Å². The van der Waals surface area contributed by atoms with Crippen molar-refractivity contribution < 1.29 is 9.18 Å². The van der Waals surface area contributed by atoms with E-state index in [9.17, 15) is 9.18 Å². The largest absolute Gasteiger partial charge is 0.317 e. The Kier molecular flexibility index (Phi) is 5.50. The monoisotopic (exact) mass is 329 g/mol. The number of amides is 1. The molecule has 1 fully saturated rings. The van der Waals surface area contributed by atoms with Crippen LogP contribution in [0.1, 0.15) is 19.3 Å². The number of rotatable bonds is 3. The van der Waals surface area contributed by atoms with Gasteiger partial charge in [0.25, 0.3) is 0 Å². The Morgan fingerprint density at radius 1 is 1.43 bits per heavy atom. The highest BCUT2D eigenvalue weighted by atomic mass is 35.5. The third-order valence-electron chi connectivity index (χ3n) is 3.55. The van der Waals surface area contributed by atoms with E-state index in [4.69, 9.17) is 0 Å². The van der Waals surface area contributed by atoms with Crippen LogP contribution >= 0.6 is 23.7 Å². The van der Waals surface area contributed by atoms with E-state index in [1.54, 1.807) is 12.1 Å². The number of nitrogens with zero attached hydrogens (tertiary/aromatic N) is 1. The first-order valence-corrected chi connectivity index (χ1v) is 7.59. The average Bonchev–Trinajstić information content (AvgIpc) is 2.83. The fourth-order valence-electron chi connectivity index (χ4n) is 2.49. The molecule has 1 aromatic heterocycles. The molecule has 0 saturated carbocycles. The number of nitrogens with one attached hydrogen (secondary N) is 2. The molecule has 4 nitrogen and oxygen atoms in total. The van der Waals surface area contributed by atoms with Crippen molar-refractivity contribution in [3.63, 3.8) is 0 Å². The van der Waals surface area contributed by atoms with Gasteiger partial charge in [0.05, 0.1) is 4.70 Å². The number of carbonyl (C=O) groups excluding carboxylic acids is 1. The highest BCUT2D eigenvalue weighted by Gasteiger charge is 2.18. The van der Waals surface area contributed by atoms with Gasteiger partial charge < -0.3 is 10.6 Å². The second kappa shape index (κ2) is 7.15. The van der Waals surface area contributed by atoms with Crippen LogP contribution in [0.15, 0.2) is 18.2 Å². The lowest BCUT2D eigenvalue weighted by Crippen LogP contribution is -2.30. The maximum Gasteiger partial charge on any atom is 0.226 e. The van der Waals surface area contributed by atoms with Gasteiger partial charge in [-0.05, 0) is 44.0 Å². The van der Waals surface area contributed by atoms with Crippen molar-refractivity contribution >= 4 is 45.0 Å². The van der Waals surface area contributed by atoms with Crippen molar-refractivity contribution in [2.24, 2.45) is 5.92 Å². The molecule has 1 amide bonds. The van der Waals surface area contributed by atoms with E-state index in [-0.39, 0.29) is 24.1 Å². The first-order chi connectivity index (χ1) is 9.72. The number of piperidine rings is 1. The Bertz CT molecular complexity index is 628. The normalized spacial score (nSPS) is 15.7. The van der Waals surface area contributed by atoms with Crippen LogP contribution in [0.25, 0.3) is 10.2 Å². The summed E-state index contributed by atoms with van der Waals surface area (Å²) in [7, 11) is 0. The number of fused-ring (bicyclic) bond motifs is 1. The Hall–Kier alpha value is -1.24. The van der Waals surface area contributed by atoms with Gasteiger partial charge in [0.2, 0.25) is 5.91 Å². The lowest BCUT2D eigenvalue weighted by Gasteiger charge is -2.21. The lowest BCUT2D eigenvalue weighted by atomic mass is 9.94. The smallest absolute Gasteiger partial charge is 0.226 e. The summed E-state index contributed by atoms with van der Waals surface area (Å²) < 4.78 is 14.3. The van der Waals surface area contributed by atoms with E-state index in [1.165, 1.54) is 17.4 Å². The second-order valence-electron chi connectivity index (χ2n) is 5.05. The molecule has 0 radical (unpaired) electrons. The SMILES string of the molecule is Cl.O=C(CC1CCNCC1)Nc1nc2c(F)cccc2s1. The minimum atomic E-state index is -0.349. The van der Waals surface area contributed by atoms with Gasteiger partial charge in [-0.1, -0.05) is 17.4 Å². The molecule has 3 rings (SSSR count). The minimum Gasteiger partial charge on any atom is -0.317 e. The molecule has 0 spiro atoms. The maximum atomic E-state index is 13.5. The first kappa shape index (κ1) is 16.1. The summed E-state index contributed by atoms with van der Waals surface area (Å²) in [6.07, 6.45) is 2.57. The van der Waals surface area contributed by atoms with Crippen LogP contribution in [0.3, 0.4) is 0 Å². The molecule has 1 aliphatic rings. The van der Waals surface area contributed by atoms with Crippen LogP contribution < -0.4 is 10.6 Å². The lowest BCUT2D eigenvalue weighted by molar-refractivity contribution is -0.117. The van der Waals surface area contributed by atoms with Crippen LogP contribution in [0.4, 0.5) is 9.52 Å². The van der Waals surface area contributed by atoms with Gasteiger partial charge in [0.1, 0.15) is 11.3 Å². The van der Waals surface area contributed by atoms with Crippen LogP contribution in [-0.4, -0.2) is 24.0 Å². The third-order valence-corrected chi connectivity index (χ3v) is 4.48. The standard InChI is InChI=1S/C14H16FN3OS.ClH/c15-10-2-1-3-11-13(10)18-14(20-11)17-12(19)8-9-4-6-16-7-5-9;/h1-3,9,16H,4-8H2,(H,17,18,19);1H. The molecule has 0 unspecified atom stereocenters. The van der Waals surface area contributed by atoms with Gasteiger partial charge in [-0.2, -0.15) is 0 Å². The highest BCUT2D eigenvalue weighted by molar-refractivity contribution is 7.22. The predicted octanol–water partition coefficient (Wildman–Crippen LogP) is 3.19. The zero-order chi connectivity index (χ0) is 13.9. The fourth-order valence-corrected chi connectivity index (χ4v) is 3.38. The number of aromatic nitrogens is 1. The number of hydrogen-bond donors (Lipinski definition) is 2. The topological polar surface area (TPSA) is 54.0 Å². The summed E-state index contributed by atoms with van der Waals surface area (Å²) in [5.41, 5.74) is 0.328. The third kappa shape index (κ3) is 3.90. The summed E-state index contributed by atoms with van der Waals surface area (Å²) in [5.74, 6) is 0.0522. The van der Waals surface area contributed by atoms with Crippen molar-refractivity contribution in [3.8, 4) is 0 Å². The van der Waals surface area contributed by atoms with Crippen molar-refractivity contribution in [3.05, 3.63) is 24.0 Å². The molecule has 7 heteroatoms. The summed E-state index contributed by atoms with van der Waals surface area (Å²) in [6, 6.07) is 4.83. The summed E-state index contributed by atoms with van der Waals surface area (Å²) in [6.45, 7) is 1.95. The van der Waals surface area contributed by atoms with E-state index < -0.39 is 0 Å². The van der Waals surface area contributed by atoms with Crippen LogP contribution in [0, 0.1) is 11.7 Å². The molecule has 114 valence electrons. The van der Waals surface area contributed by atoms with Gasteiger partial charge in [-0.25, -0.2) is 9.37 Å². The molecular weight excluding hydrogens is 313 g/mol. The summed E-state index contributed by atoms with van der Waals surface area (Å²) >= 11 is 1.31. The number of hydrogen-bond acceptors (Lipinski definition) is 4. The number of halogens is 2. The number of para-hydroxylation sites is 1. The minimum absolute atomic E-state index is 0. The van der Waals surface area contributed by atoms with Gasteiger partial charge in [-0.15, -0.1) is 12.4 Å². The number of anilines is 1. The van der Waals surface area contributed by atoms with Crippen LogP contribution in [0.5, 0.6) is 0 Å². The maximum absolute atomic E-state index is 13.5. The molecule has 2 N–H and O–H groups in total. The van der Waals surface area contributed by atoms with E-state index in [0.29, 0.717) is 23.0 Å². The molecule has 1 saturated heterocycles. The second-order valence-corrected chi connectivity index (χ2v) is 6.08. The first-order valence-electron chi connectivity index (χ1n) is 6.78. The number of benzene rings is 1. The number of carbonyl (C=O) groups is 1. The van der Waals surface area contributed by atoms with Crippen LogP contribution in [-0.2, 0) is 4.79 Å². The molecule has 1 aliphatic heterocycles. The molecule has 1 aromatic carbocycles. The molecule has 0 bridgehead atoms. The predicted molar refractivity (Wildman–Crippen MR) is 85.7 cm³/mol. The summed E-state index contributed by atoms with van der Waals surface area (Å²) in [4.78, 5) is 16.1. The molecule has 2 aromatic rings. The van der Waals surface area contributed by atoms with Crippen LogP contribution in [0.2, 0.25) is 0 Å². The molecular formula is C14H17ClFN3OS. The van der Waals surface area contributed by atoms with Gasteiger partial charge in [0, 0.05) is 6.42 Å². The van der Waals surface area contributed by atoms with Gasteiger partial charge in [0.15, 0.2) is 5.13 Å². The van der Waals surface area contributed by atoms with Gasteiger partial charge >= 0.3 is 0 Å². The molecule has 0 aliphatic carbocycles. The quantitative estimate of drug-likeness (QED) is 0.909. The molecule has 2 heterocycles. The Morgan fingerprint density at radius 3 is 2.90 bits per heavy atom. The Balaban J connectivity index is 0.00000161. The fraction of sp³-hybridized carbons (Fsp3) is 0.429. The average molecular weight is 330 g/mol. The van der Waals surface area contributed by atoms with Crippen molar-refractivity contribution in [1.29, 1.82) is 0 Å². The zero-order valence-corrected chi connectivity index (χ0v) is 13.0. The van der Waals surface area contributed by atoms with Crippen molar-refractivity contribution in [1.82, 2.24) is 10.3 Å². The summed E-state index contributed by atoms with van der Waals surface area (Å²) in [5, 5.41) is 6.54. The number of thiazole rings is 1.